The van der Waals surface area contributed by atoms with E-state index in [1.807, 2.05) is 6.92 Å². The molecule has 2 aromatic carbocycles. The van der Waals surface area contributed by atoms with Crippen LogP contribution in [-0.2, 0) is 17.8 Å². The summed E-state index contributed by atoms with van der Waals surface area (Å²) in [5.74, 6) is 0.719. The minimum atomic E-state index is -0.662. The predicted molar refractivity (Wildman–Crippen MR) is 169 cm³/mol. The Morgan fingerprint density at radius 2 is 1.98 bits per heavy atom. The van der Waals surface area contributed by atoms with E-state index in [1.165, 1.54) is 34.5 Å². The van der Waals surface area contributed by atoms with E-state index in [0.717, 1.165) is 43.0 Å². The molecule has 0 N–H and O–H groups in total. The molecule has 9 heteroatoms. The number of nitrogens with zero attached hydrogens (tertiary/aromatic N) is 7. The Morgan fingerprint density at radius 3 is 2.72 bits per heavy atom. The zero-order chi connectivity index (χ0) is 30.1. The number of rotatable bonds is 7. The lowest BCUT2D eigenvalue weighted by Gasteiger charge is -2.48. The molecule has 0 unspecified atom stereocenters. The number of hydrogen-bond donors (Lipinski definition) is 0. The maximum Gasteiger partial charge on any atom is 0.318 e. The van der Waals surface area contributed by atoms with Crippen LogP contribution < -0.4 is 14.5 Å². The average molecular weight is 580 g/mol. The topological polar surface area (TPSA) is 88.8 Å². The summed E-state index contributed by atoms with van der Waals surface area (Å²) in [7, 11) is 2.14. The molecule has 1 amide bonds. The van der Waals surface area contributed by atoms with Gasteiger partial charge in [-0.1, -0.05) is 36.9 Å². The quantitative estimate of drug-likeness (QED) is 0.379. The lowest BCUT2D eigenvalue weighted by atomic mass is 9.91. The smallest absolute Gasteiger partial charge is 0.318 e. The average Bonchev–Trinajstić information content (AvgIpc) is 3.43. The number of hydrogen-bond acceptors (Lipinski definition) is 8. The van der Waals surface area contributed by atoms with Crippen LogP contribution in [0.3, 0.4) is 0 Å². The molecule has 2 fully saturated rings. The number of ether oxygens (including phenoxy) is 1. The maximum absolute atomic E-state index is 12.7. The zero-order valence-corrected chi connectivity index (χ0v) is 25.6. The molecule has 224 valence electrons. The van der Waals surface area contributed by atoms with Crippen LogP contribution in [0.2, 0.25) is 0 Å². The first-order chi connectivity index (χ1) is 20.8. The lowest BCUT2D eigenvalue weighted by Crippen LogP contribution is -2.62. The number of anilines is 2. The van der Waals surface area contributed by atoms with Gasteiger partial charge in [-0.2, -0.15) is 15.2 Å². The lowest BCUT2D eigenvalue weighted by molar-refractivity contribution is -0.132. The standard InChI is InChI=1S/C34H41N7O2/c1-5-30(42)41-20-19-40(23-34(41,3)15-16-35)32-27-14-18-39(29-13-7-11-25-10-6-9-24(2)31(25)29)21-28(27)36-33(37-32)43-22-26-12-8-17-38(26)4/h5-7,9-11,13,26H,1,8,12,14-15,17-23H2,2-4H3/t26-,34+/m0/s1. The number of piperazine rings is 1. The Morgan fingerprint density at radius 1 is 1.16 bits per heavy atom. The predicted octanol–water partition coefficient (Wildman–Crippen LogP) is 4.48. The van der Waals surface area contributed by atoms with Gasteiger partial charge in [0.25, 0.3) is 0 Å². The van der Waals surface area contributed by atoms with Gasteiger partial charge in [0.15, 0.2) is 0 Å². The summed E-state index contributed by atoms with van der Waals surface area (Å²) in [6.45, 7) is 12.6. The van der Waals surface area contributed by atoms with E-state index in [0.29, 0.717) is 44.8 Å². The number of amides is 1. The molecule has 4 heterocycles. The Labute approximate surface area is 254 Å². The molecule has 0 radical (unpaired) electrons. The Kier molecular flexibility index (Phi) is 7.97. The Hall–Kier alpha value is -4.16. The van der Waals surface area contributed by atoms with E-state index in [2.05, 4.69) is 77.7 Å². The Balaban J connectivity index is 1.36. The molecule has 1 aromatic heterocycles. The van der Waals surface area contributed by atoms with Crippen molar-refractivity contribution < 1.29 is 9.53 Å². The number of carbonyl (C=O) groups excluding carboxylic acids is 1. The van der Waals surface area contributed by atoms with Gasteiger partial charge >= 0.3 is 6.01 Å². The number of aromatic nitrogens is 2. The van der Waals surface area contributed by atoms with Gasteiger partial charge in [0, 0.05) is 48.9 Å². The summed E-state index contributed by atoms with van der Waals surface area (Å²) in [6.07, 6.45) is 4.63. The minimum absolute atomic E-state index is 0.146. The second-order valence-corrected chi connectivity index (χ2v) is 12.4. The summed E-state index contributed by atoms with van der Waals surface area (Å²) in [5, 5.41) is 12.2. The van der Waals surface area contributed by atoms with Crippen molar-refractivity contribution in [1.29, 1.82) is 5.26 Å². The first-order valence-electron chi connectivity index (χ1n) is 15.3. The van der Waals surface area contributed by atoms with Crippen molar-refractivity contribution in [3.63, 3.8) is 0 Å². The van der Waals surface area contributed by atoms with E-state index < -0.39 is 5.54 Å². The molecule has 2 saturated heterocycles. The molecular formula is C34H41N7O2. The number of likely N-dealkylation sites (N-methyl/N-ethyl adjacent to an activating group) is 1. The van der Waals surface area contributed by atoms with Crippen LogP contribution in [-0.4, -0.2) is 83.6 Å². The highest BCUT2D eigenvalue weighted by atomic mass is 16.5. The van der Waals surface area contributed by atoms with Crippen LogP contribution in [0, 0.1) is 18.3 Å². The molecule has 0 aliphatic carbocycles. The number of likely N-dealkylation sites (tertiary alicyclic amines) is 1. The summed E-state index contributed by atoms with van der Waals surface area (Å²) in [6, 6.07) is 16.0. The van der Waals surface area contributed by atoms with Crippen LogP contribution >= 0.6 is 0 Å². The fraction of sp³-hybridized carbons (Fsp3) is 0.471. The summed E-state index contributed by atoms with van der Waals surface area (Å²) in [4.78, 5) is 31.5. The van der Waals surface area contributed by atoms with E-state index in [9.17, 15) is 10.1 Å². The molecule has 2 atom stereocenters. The fourth-order valence-electron chi connectivity index (χ4n) is 7.10. The highest BCUT2D eigenvalue weighted by Gasteiger charge is 2.41. The molecule has 3 aromatic rings. The number of aryl methyl sites for hydroxylation is 1. The van der Waals surface area contributed by atoms with Crippen LogP contribution in [0.25, 0.3) is 10.8 Å². The van der Waals surface area contributed by atoms with Gasteiger partial charge < -0.3 is 24.3 Å². The molecule has 3 aliphatic rings. The SMILES string of the molecule is C=CC(=O)N1CCN(c2nc(OC[C@@H]3CCCN3C)nc3c2CCN(c2cccc4cccc(C)c24)C3)C[C@@]1(C)CC#N. The van der Waals surface area contributed by atoms with Crippen molar-refractivity contribution in [3.05, 3.63) is 65.9 Å². The van der Waals surface area contributed by atoms with Gasteiger partial charge in [0.1, 0.15) is 12.4 Å². The van der Waals surface area contributed by atoms with Crippen LogP contribution in [0.4, 0.5) is 11.5 Å². The molecule has 6 rings (SSSR count). The van der Waals surface area contributed by atoms with Gasteiger partial charge in [-0.3, -0.25) is 4.79 Å². The molecule has 9 nitrogen and oxygen atoms in total. The largest absolute Gasteiger partial charge is 0.462 e. The van der Waals surface area contributed by atoms with Crippen molar-refractivity contribution >= 4 is 28.2 Å². The van der Waals surface area contributed by atoms with Crippen molar-refractivity contribution in [2.45, 2.75) is 57.7 Å². The van der Waals surface area contributed by atoms with Crippen LogP contribution in [0.1, 0.15) is 43.0 Å². The summed E-state index contributed by atoms with van der Waals surface area (Å²) < 4.78 is 6.33. The number of carbonyl (C=O) groups is 1. The highest BCUT2D eigenvalue weighted by Crippen LogP contribution is 2.37. The third-order valence-corrected chi connectivity index (χ3v) is 9.51. The first kappa shape index (κ1) is 28.9. The third-order valence-electron chi connectivity index (χ3n) is 9.51. The van der Waals surface area contributed by atoms with Gasteiger partial charge in [-0.15, -0.1) is 0 Å². The molecule has 43 heavy (non-hydrogen) atoms. The van der Waals surface area contributed by atoms with E-state index in [-0.39, 0.29) is 12.3 Å². The number of nitriles is 1. The monoisotopic (exact) mass is 579 g/mol. The van der Waals surface area contributed by atoms with Crippen molar-refractivity contribution in [2.24, 2.45) is 0 Å². The summed E-state index contributed by atoms with van der Waals surface area (Å²) in [5.41, 5.74) is 3.92. The Bertz CT molecular complexity index is 1580. The zero-order valence-electron chi connectivity index (χ0n) is 25.6. The summed E-state index contributed by atoms with van der Waals surface area (Å²) >= 11 is 0. The van der Waals surface area contributed by atoms with Crippen molar-refractivity contribution in [1.82, 2.24) is 19.8 Å². The normalized spacial score (nSPS) is 22.4. The highest BCUT2D eigenvalue weighted by molar-refractivity contribution is 5.97. The second-order valence-electron chi connectivity index (χ2n) is 12.4. The van der Waals surface area contributed by atoms with Gasteiger partial charge in [-0.05, 0) is 69.8 Å². The molecule has 0 spiro atoms. The van der Waals surface area contributed by atoms with Crippen LogP contribution in [0.5, 0.6) is 6.01 Å². The number of benzene rings is 2. The van der Waals surface area contributed by atoms with Crippen molar-refractivity contribution in [2.75, 3.05) is 56.2 Å². The minimum Gasteiger partial charge on any atom is -0.462 e. The first-order valence-corrected chi connectivity index (χ1v) is 15.3. The van der Waals surface area contributed by atoms with E-state index in [1.54, 1.807) is 4.90 Å². The van der Waals surface area contributed by atoms with Gasteiger partial charge in [0.05, 0.1) is 30.3 Å². The molecule has 0 saturated carbocycles. The van der Waals surface area contributed by atoms with Gasteiger partial charge in [-0.25, -0.2) is 0 Å². The van der Waals surface area contributed by atoms with E-state index in [4.69, 9.17) is 14.7 Å². The molecule has 0 bridgehead atoms. The molecule has 3 aliphatic heterocycles. The second kappa shape index (κ2) is 11.8. The van der Waals surface area contributed by atoms with Crippen molar-refractivity contribution in [3.8, 4) is 12.1 Å². The third kappa shape index (κ3) is 5.52. The van der Waals surface area contributed by atoms with Gasteiger partial charge in [0.2, 0.25) is 5.91 Å². The fourth-order valence-corrected chi connectivity index (χ4v) is 7.10. The number of fused-ring (bicyclic) bond motifs is 2. The maximum atomic E-state index is 12.7. The van der Waals surface area contributed by atoms with Crippen LogP contribution in [0.15, 0.2) is 49.1 Å². The molecular weight excluding hydrogens is 538 g/mol. The van der Waals surface area contributed by atoms with E-state index >= 15 is 0 Å².